The number of ether oxygens (including phenoxy) is 1. The number of rotatable bonds is 2. The number of nitrogens with zero attached hydrogens (tertiary/aromatic N) is 6. The van der Waals surface area contributed by atoms with Gasteiger partial charge in [-0.15, -0.1) is 0 Å². The summed E-state index contributed by atoms with van der Waals surface area (Å²) in [6, 6.07) is 3.84. The number of hydrogen-bond donors (Lipinski definition) is 0. The van der Waals surface area contributed by atoms with Gasteiger partial charge >= 0.3 is 0 Å². The topological polar surface area (TPSA) is 69.0 Å². The molecule has 0 aromatic carbocycles. The first-order chi connectivity index (χ1) is 13.2. The minimum atomic E-state index is 0.695. The lowest BCUT2D eigenvalue weighted by molar-refractivity contribution is 0.122. The van der Waals surface area contributed by atoms with E-state index in [1.54, 1.807) is 18.6 Å². The predicted molar refractivity (Wildman–Crippen MR) is 102 cm³/mol. The van der Waals surface area contributed by atoms with E-state index in [2.05, 4.69) is 31.7 Å². The zero-order valence-electron chi connectivity index (χ0n) is 15.4. The van der Waals surface area contributed by atoms with Crippen LogP contribution in [0.25, 0.3) is 5.82 Å². The minimum absolute atomic E-state index is 0.695. The molecule has 4 heterocycles. The van der Waals surface area contributed by atoms with Crippen molar-refractivity contribution in [1.82, 2.24) is 24.5 Å². The lowest BCUT2D eigenvalue weighted by Gasteiger charge is -2.27. The highest BCUT2D eigenvalue weighted by atomic mass is 16.5. The van der Waals surface area contributed by atoms with E-state index in [0.717, 1.165) is 41.8 Å². The largest absolute Gasteiger partial charge is 0.378 e. The molecule has 136 valence electrons. The summed E-state index contributed by atoms with van der Waals surface area (Å²) in [7, 11) is 0. The summed E-state index contributed by atoms with van der Waals surface area (Å²) in [6.07, 6.45) is 7.18. The molecule has 0 atom stereocenters. The van der Waals surface area contributed by atoms with E-state index in [9.17, 15) is 0 Å². The molecule has 1 aliphatic rings. The number of aryl methyl sites for hydroxylation is 2. The second-order valence-corrected chi connectivity index (χ2v) is 6.31. The van der Waals surface area contributed by atoms with Crippen molar-refractivity contribution in [2.45, 2.75) is 13.8 Å². The molecule has 0 radical (unpaired) electrons. The minimum Gasteiger partial charge on any atom is -0.378 e. The summed E-state index contributed by atoms with van der Waals surface area (Å²) < 4.78 is 7.32. The highest BCUT2D eigenvalue weighted by Crippen LogP contribution is 2.15. The standard InChI is InChI=1S/C20H20N6O/c1-15-11-17(5-6-22-15)3-4-18-14-26(16(2)23-18)20-13-21-12-19(24-20)25-7-9-27-10-8-25/h5-6,11-14H,7-10H2,1-2H3. The van der Waals surface area contributed by atoms with Gasteiger partial charge in [0.25, 0.3) is 0 Å². The Morgan fingerprint density at radius 2 is 1.85 bits per heavy atom. The van der Waals surface area contributed by atoms with Gasteiger partial charge in [0.05, 0.1) is 25.6 Å². The van der Waals surface area contributed by atoms with Crippen LogP contribution < -0.4 is 4.90 Å². The number of anilines is 1. The third kappa shape index (κ3) is 3.96. The Bertz CT molecular complexity index is 1010. The molecule has 3 aromatic rings. The van der Waals surface area contributed by atoms with Crippen molar-refractivity contribution >= 4 is 5.82 Å². The van der Waals surface area contributed by atoms with Crippen LogP contribution in [-0.4, -0.2) is 50.8 Å². The van der Waals surface area contributed by atoms with Crippen molar-refractivity contribution in [3.05, 3.63) is 59.7 Å². The lowest BCUT2D eigenvalue weighted by Crippen LogP contribution is -2.36. The molecular formula is C20H20N6O. The second kappa shape index (κ2) is 7.56. The average molecular weight is 360 g/mol. The van der Waals surface area contributed by atoms with Gasteiger partial charge in [0, 0.05) is 36.7 Å². The maximum atomic E-state index is 5.41. The Kier molecular flexibility index (Phi) is 4.81. The van der Waals surface area contributed by atoms with Crippen LogP contribution in [0.3, 0.4) is 0 Å². The first kappa shape index (κ1) is 17.2. The first-order valence-corrected chi connectivity index (χ1v) is 8.85. The van der Waals surface area contributed by atoms with E-state index in [4.69, 9.17) is 9.72 Å². The summed E-state index contributed by atoms with van der Waals surface area (Å²) in [5.74, 6) is 8.65. The van der Waals surface area contributed by atoms with Crippen LogP contribution in [0.1, 0.15) is 22.8 Å². The molecule has 0 bridgehead atoms. The fourth-order valence-corrected chi connectivity index (χ4v) is 2.93. The highest BCUT2D eigenvalue weighted by Gasteiger charge is 2.14. The zero-order chi connectivity index (χ0) is 18.6. The fourth-order valence-electron chi connectivity index (χ4n) is 2.93. The molecule has 1 saturated heterocycles. The van der Waals surface area contributed by atoms with E-state index in [1.165, 1.54) is 0 Å². The van der Waals surface area contributed by atoms with Gasteiger partial charge in [0.2, 0.25) is 0 Å². The third-order valence-corrected chi connectivity index (χ3v) is 4.30. The van der Waals surface area contributed by atoms with Crippen LogP contribution in [0.5, 0.6) is 0 Å². The van der Waals surface area contributed by atoms with Crippen LogP contribution in [0.2, 0.25) is 0 Å². The van der Waals surface area contributed by atoms with E-state index in [0.29, 0.717) is 18.9 Å². The molecular weight excluding hydrogens is 340 g/mol. The van der Waals surface area contributed by atoms with Crippen LogP contribution >= 0.6 is 0 Å². The van der Waals surface area contributed by atoms with Crippen molar-refractivity contribution in [2.75, 3.05) is 31.2 Å². The van der Waals surface area contributed by atoms with Crippen molar-refractivity contribution in [3.63, 3.8) is 0 Å². The van der Waals surface area contributed by atoms with Gasteiger partial charge in [0.1, 0.15) is 17.3 Å². The molecule has 4 rings (SSSR count). The van der Waals surface area contributed by atoms with E-state index < -0.39 is 0 Å². The summed E-state index contributed by atoms with van der Waals surface area (Å²) in [5.41, 5.74) is 2.56. The summed E-state index contributed by atoms with van der Waals surface area (Å²) in [5, 5.41) is 0. The molecule has 27 heavy (non-hydrogen) atoms. The molecule has 1 aliphatic heterocycles. The highest BCUT2D eigenvalue weighted by molar-refractivity contribution is 5.43. The van der Waals surface area contributed by atoms with Gasteiger partial charge in [-0.25, -0.2) is 9.97 Å². The maximum Gasteiger partial charge on any atom is 0.159 e. The van der Waals surface area contributed by atoms with Crippen molar-refractivity contribution < 1.29 is 4.74 Å². The molecule has 0 N–H and O–H groups in total. The molecule has 0 spiro atoms. The van der Waals surface area contributed by atoms with Gasteiger partial charge < -0.3 is 9.64 Å². The molecule has 0 amide bonds. The van der Waals surface area contributed by atoms with Gasteiger partial charge in [-0.3, -0.25) is 14.5 Å². The summed E-state index contributed by atoms with van der Waals surface area (Å²) in [4.78, 5) is 20.0. The van der Waals surface area contributed by atoms with Crippen LogP contribution in [-0.2, 0) is 4.74 Å². The number of imidazole rings is 1. The quantitative estimate of drug-likeness (QED) is 0.650. The van der Waals surface area contributed by atoms with Gasteiger partial charge in [-0.1, -0.05) is 5.92 Å². The van der Waals surface area contributed by atoms with E-state index in [1.807, 2.05) is 36.7 Å². The Hall–Kier alpha value is -3.24. The van der Waals surface area contributed by atoms with Crippen LogP contribution in [0.15, 0.2) is 36.9 Å². The second-order valence-electron chi connectivity index (χ2n) is 6.31. The van der Waals surface area contributed by atoms with Gasteiger partial charge in [-0.2, -0.15) is 0 Å². The number of pyridine rings is 1. The first-order valence-electron chi connectivity index (χ1n) is 8.85. The van der Waals surface area contributed by atoms with Gasteiger partial charge in [-0.05, 0) is 31.9 Å². The molecule has 0 unspecified atom stereocenters. The van der Waals surface area contributed by atoms with Crippen molar-refractivity contribution in [2.24, 2.45) is 0 Å². The summed E-state index contributed by atoms with van der Waals surface area (Å²) >= 11 is 0. The molecule has 0 aliphatic carbocycles. The Labute approximate surface area is 158 Å². The summed E-state index contributed by atoms with van der Waals surface area (Å²) in [6.45, 7) is 6.95. The molecule has 7 nitrogen and oxygen atoms in total. The third-order valence-electron chi connectivity index (χ3n) is 4.30. The number of aromatic nitrogens is 5. The smallest absolute Gasteiger partial charge is 0.159 e. The van der Waals surface area contributed by atoms with Crippen molar-refractivity contribution in [3.8, 4) is 17.7 Å². The Balaban J connectivity index is 1.60. The SMILES string of the molecule is Cc1cc(C#Cc2cn(-c3cncc(N4CCOCC4)n3)c(C)n2)ccn1. The van der Waals surface area contributed by atoms with E-state index >= 15 is 0 Å². The maximum absolute atomic E-state index is 5.41. The molecule has 3 aromatic heterocycles. The Morgan fingerprint density at radius 1 is 1.04 bits per heavy atom. The normalized spacial score (nSPS) is 13.9. The lowest BCUT2D eigenvalue weighted by atomic mass is 10.2. The molecule has 0 saturated carbocycles. The van der Waals surface area contributed by atoms with Crippen molar-refractivity contribution in [1.29, 1.82) is 0 Å². The number of morpholine rings is 1. The fraction of sp³-hybridized carbons (Fsp3) is 0.300. The predicted octanol–water partition coefficient (Wildman–Crippen LogP) is 1.91. The average Bonchev–Trinajstić information content (AvgIpc) is 3.08. The van der Waals surface area contributed by atoms with Gasteiger partial charge in [0.15, 0.2) is 5.82 Å². The van der Waals surface area contributed by atoms with Crippen LogP contribution in [0, 0.1) is 25.7 Å². The van der Waals surface area contributed by atoms with Crippen LogP contribution in [0.4, 0.5) is 5.82 Å². The Morgan fingerprint density at radius 3 is 2.67 bits per heavy atom. The zero-order valence-corrected chi connectivity index (χ0v) is 15.4. The molecule has 1 fully saturated rings. The monoisotopic (exact) mass is 360 g/mol. The number of hydrogen-bond acceptors (Lipinski definition) is 6. The molecule has 7 heteroatoms. The van der Waals surface area contributed by atoms with E-state index in [-0.39, 0.29) is 0 Å².